The number of anilines is 1. The molecule has 0 saturated carbocycles. The van der Waals surface area contributed by atoms with Gasteiger partial charge in [-0.2, -0.15) is 0 Å². The molecule has 0 radical (unpaired) electrons. The zero-order chi connectivity index (χ0) is 23.5. The smallest absolute Gasteiger partial charge is 0.338 e. The molecular formula is C24H22N2O7. The van der Waals surface area contributed by atoms with E-state index in [1.54, 1.807) is 24.3 Å². The summed E-state index contributed by atoms with van der Waals surface area (Å²) in [5.41, 5.74) is 1.38. The Labute approximate surface area is 189 Å². The van der Waals surface area contributed by atoms with Crippen molar-refractivity contribution in [2.75, 3.05) is 25.1 Å². The summed E-state index contributed by atoms with van der Waals surface area (Å²) in [5.74, 6) is -2.34. The quantitative estimate of drug-likeness (QED) is 0.391. The third-order valence-electron chi connectivity index (χ3n) is 5.53. The topological polar surface area (TPSA) is 119 Å². The van der Waals surface area contributed by atoms with Crippen LogP contribution in [-0.2, 0) is 14.3 Å². The number of imide groups is 1. The Morgan fingerprint density at radius 1 is 1.03 bits per heavy atom. The molecule has 4 rings (SSSR count). The summed E-state index contributed by atoms with van der Waals surface area (Å²) in [6.45, 7) is 1.69. The number of nitrogens with one attached hydrogen (secondary N) is 1. The van der Waals surface area contributed by atoms with Gasteiger partial charge in [-0.3, -0.25) is 24.1 Å². The van der Waals surface area contributed by atoms with Crippen LogP contribution in [0.3, 0.4) is 0 Å². The lowest BCUT2D eigenvalue weighted by atomic mass is 10.1. The number of esters is 1. The lowest BCUT2D eigenvalue weighted by Gasteiger charge is -2.17. The SMILES string of the molecule is CC(=O)c1ccc(NC(=O)COC(=O)c2ccc3c(c2)C(=O)N(C[C@H]2CCCO2)C3=O)cc1. The highest BCUT2D eigenvalue weighted by molar-refractivity contribution is 6.22. The number of benzene rings is 2. The summed E-state index contributed by atoms with van der Waals surface area (Å²) in [6.07, 6.45) is 1.50. The molecule has 3 amide bonds. The van der Waals surface area contributed by atoms with Crippen LogP contribution in [0.2, 0.25) is 0 Å². The van der Waals surface area contributed by atoms with Gasteiger partial charge in [0.1, 0.15) is 0 Å². The van der Waals surface area contributed by atoms with Gasteiger partial charge in [-0.1, -0.05) is 0 Å². The summed E-state index contributed by atoms with van der Waals surface area (Å²) >= 11 is 0. The van der Waals surface area contributed by atoms with E-state index < -0.39 is 30.3 Å². The summed E-state index contributed by atoms with van der Waals surface area (Å²) in [6, 6.07) is 10.4. The Bertz CT molecular complexity index is 1130. The third-order valence-corrected chi connectivity index (χ3v) is 5.53. The number of carbonyl (C=O) groups is 5. The van der Waals surface area contributed by atoms with Crippen molar-refractivity contribution in [1.29, 1.82) is 0 Å². The van der Waals surface area contributed by atoms with Crippen LogP contribution in [0.25, 0.3) is 0 Å². The van der Waals surface area contributed by atoms with Gasteiger partial charge in [-0.05, 0) is 62.2 Å². The Kier molecular flexibility index (Phi) is 6.32. The number of Topliss-reactive ketones (excluding diaryl/α,β-unsaturated/α-hetero) is 1. The fourth-order valence-corrected chi connectivity index (χ4v) is 3.78. The molecule has 2 aliphatic heterocycles. The van der Waals surface area contributed by atoms with Crippen molar-refractivity contribution in [2.45, 2.75) is 25.9 Å². The lowest BCUT2D eigenvalue weighted by Crippen LogP contribution is -2.36. The van der Waals surface area contributed by atoms with Crippen molar-refractivity contribution >= 4 is 35.2 Å². The van der Waals surface area contributed by atoms with Crippen LogP contribution in [-0.4, -0.2) is 60.2 Å². The normalized spacial score (nSPS) is 17.1. The number of hydrogen-bond donors (Lipinski definition) is 1. The number of carbonyl (C=O) groups excluding carboxylic acids is 5. The van der Waals surface area contributed by atoms with E-state index in [0.29, 0.717) is 17.9 Å². The molecule has 1 saturated heterocycles. The van der Waals surface area contributed by atoms with Gasteiger partial charge in [-0.25, -0.2) is 4.79 Å². The summed E-state index contributed by atoms with van der Waals surface area (Å²) in [5, 5.41) is 2.56. The molecule has 0 aromatic heterocycles. The van der Waals surface area contributed by atoms with Gasteiger partial charge in [0.15, 0.2) is 12.4 Å². The molecule has 2 aliphatic rings. The van der Waals surface area contributed by atoms with E-state index in [1.165, 1.54) is 25.1 Å². The second-order valence-corrected chi connectivity index (χ2v) is 7.87. The van der Waals surface area contributed by atoms with Gasteiger partial charge in [0.05, 0.1) is 29.3 Å². The van der Waals surface area contributed by atoms with Crippen LogP contribution in [0, 0.1) is 0 Å². The molecule has 1 N–H and O–H groups in total. The van der Waals surface area contributed by atoms with Gasteiger partial charge in [0, 0.05) is 17.9 Å². The standard InChI is InChI=1S/C24H22N2O7/c1-14(27)15-4-7-17(8-5-15)25-21(28)13-33-24(31)16-6-9-19-20(11-16)23(30)26(22(19)29)12-18-3-2-10-32-18/h4-9,11,18H,2-3,10,12-13H2,1H3,(H,25,28)/t18-/m1/s1. The maximum atomic E-state index is 12.7. The molecule has 33 heavy (non-hydrogen) atoms. The average Bonchev–Trinajstić information content (AvgIpc) is 3.40. The maximum Gasteiger partial charge on any atom is 0.338 e. The zero-order valence-electron chi connectivity index (χ0n) is 18.0. The Balaban J connectivity index is 1.35. The molecule has 170 valence electrons. The van der Waals surface area contributed by atoms with Crippen LogP contribution in [0.15, 0.2) is 42.5 Å². The molecule has 0 aliphatic carbocycles. The molecule has 1 fully saturated rings. The monoisotopic (exact) mass is 450 g/mol. The van der Waals surface area contributed by atoms with E-state index in [4.69, 9.17) is 9.47 Å². The summed E-state index contributed by atoms with van der Waals surface area (Å²) in [4.78, 5) is 62.2. The summed E-state index contributed by atoms with van der Waals surface area (Å²) < 4.78 is 10.6. The predicted octanol–water partition coefficient (Wildman–Crippen LogP) is 2.46. The number of ketones is 1. The second-order valence-electron chi connectivity index (χ2n) is 7.87. The molecule has 1 atom stereocenters. The first-order valence-corrected chi connectivity index (χ1v) is 10.5. The number of hydrogen-bond acceptors (Lipinski definition) is 7. The van der Waals surface area contributed by atoms with Gasteiger partial charge in [-0.15, -0.1) is 0 Å². The lowest BCUT2D eigenvalue weighted by molar-refractivity contribution is -0.119. The van der Waals surface area contributed by atoms with Crippen LogP contribution < -0.4 is 5.32 Å². The highest BCUT2D eigenvalue weighted by Gasteiger charge is 2.38. The van der Waals surface area contributed by atoms with E-state index in [2.05, 4.69) is 5.32 Å². The average molecular weight is 450 g/mol. The molecular weight excluding hydrogens is 428 g/mol. The highest BCUT2D eigenvalue weighted by Crippen LogP contribution is 2.26. The van der Waals surface area contributed by atoms with E-state index in [-0.39, 0.29) is 35.1 Å². The minimum absolute atomic E-state index is 0.0625. The van der Waals surface area contributed by atoms with Crippen LogP contribution in [0.5, 0.6) is 0 Å². The van der Waals surface area contributed by atoms with E-state index >= 15 is 0 Å². The number of rotatable bonds is 7. The van der Waals surface area contributed by atoms with E-state index in [1.807, 2.05) is 0 Å². The Hall–Kier alpha value is -3.85. The van der Waals surface area contributed by atoms with Crippen molar-refractivity contribution in [1.82, 2.24) is 4.90 Å². The molecule has 9 heteroatoms. The van der Waals surface area contributed by atoms with Crippen molar-refractivity contribution in [2.24, 2.45) is 0 Å². The molecule has 2 aromatic rings. The van der Waals surface area contributed by atoms with Crippen LogP contribution in [0.4, 0.5) is 5.69 Å². The fraction of sp³-hybridized carbons (Fsp3) is 0.292. The van der Waals surface area contributed by atoms with Crippen molar-refractivity contribution in [3.63, 3.8) is 0 Å². The third kappa shape index (κ3) is 4.83. The molecule has 0 unspecified atom stereocenters. The first-order valence-electron chi connectivity index (χ1n) is 10.5. The summed E-state index contributed by atoms with van der Waals surface area (Å²) in [7, 11) is 0. The van der Waals surface area contributed by atoms with Crippen LogP contribution >= 0.6 is 0 Å². The minimum Gasteiger partial charge on any atom is -0.452 e. The number of amides is 3. The first kappa shape index (κ1) is 22.3. The Morgan fingerprint density at radius 2 is 1.73 bits per heavy atom. The van der Waals surface area contributed by atoms with E-state index in [9.17, 15) is 24.0 Å². The molecule has 0 bridgehead atoms. The molecule has 2 aromatic carbocycles. The molecule has 0 spiro atoms. The second kappa shape index (κ2) is 9.33. The van der Waals surface area contributed by atoms with Gasteiger partial charge in [0.25, 0.3) is 17.7 Å². The Morgan fingerprint density at radius 3 is 2.39 bits per heavy atom. The van der Waals surface area contributed by atoms with Gasteiger partial charge < -0.3 is 14.8 Å². The molecule has 2 heterocycles. The predicted molar refractivity (Wildman–Crippen MR) is 116 cm³/mol. The number of fused-ring (bicyclic) bond motifs is 1. The van der Waals surface area contributed by atoms with Gasteiger partial charge in [0.2, 0.25) is 0 Å². The first-order chi connectivity index (χ1) is 15.8. The van der Waals surface area contributed by atoms with E-state index in [0.717, 1.165) is 17.7 Å². The maximum absolute atomic E-state index is 12.7. The molecule has 9 nitrogen and oxygen atoms in total. The fourth-order valence-electron chi connectivity index (χ4n) is 3.78. The van der Waals surface area contributed by atoms with Crippen molar-refractivity contribution in [3.8, 4) is 0 Å². The van der Waals surface area contributed by atoms with Crippen molar-refractivity contribution < 1.29 is 33.4 Å². The van der Waals surface area contributed by atoms with Crippen molar-refractivity contribution in [3.05, 3.63) is 64.7 Å². The number of ether oxygens (including phenoxy) is 2. The zero-order valence-corrected chi connectivity index (χ0v) is 18.0. The highest BCUT2D eigenvalue weighted by atomic mass is 16.5. The van der Waals surface area contributed by atoms with Crippen LogP contribution in [0.1, 0.15) is 61.2 Å². The minimum atomic E-state index is -0.794. The van der Waals surface area contributed by atoms with Gasteiger partial charge >= 0.3 is 5.97 Å². The number of nitrogens with zero attached hydrogens (tertiary/aromatic N) is 1. The largest absolute Gasteiger partial charge is 0.452 e.